The third-order valence-electron chi connectivity index (χ3n) is 3.85. The minimum Gasteiger partial charge on any atom is -0.473 e. The van der Waals surface area contributed by atoms with Gasteiger partial charge in [-0.2, -0.15) is 8.75 Å². The zero-order chi connectivity index (χ0) is 21.1. The molecule has 0 spiro atoms. The number of nitrogens with zero attached hydrogens (tertiary/aromatic N) is 4. The molecule has 0 saturated carbocycles. The number of carboxylic acids is 2. The van der Waals surface area contributed by atoms with Gasteiger partial charge in [0.1, 0.15) is 15.1 Å². The molecule has 0 atom stereocenters. The van der Waals surface area contributed by atoms with E-state index < -0.39 is 11.9 Å². The highest BCUT2D eigenvalue weighted by Gasteiger charge is 2.17. The van der Waals surface area contributed by atoms with Gasteiger partial charge in [-0.05, 0) is 37.6 Å². The van der Waals surface area contributed by atoms with Crippen molar-refractivity contribution in [3.63, 3.8) is 0 Å². The van der Waals surface area contributed by atoms with E-state index in [0.717, 1.165) is 42.5 Å². The van der Waals surface area contributed by atoms with Gasteiger partial charge in [0.15, 0.2) is 0 Å². The number of hydrogen-bond acceptors (Lipinski definition) is 10. The molecule has 3 heterocycles. The third-order valence-corrected chi connectivity index (χ3v) is 7.88. The van der Waals surface area contributed by atoms with E-state index in [4.69, 9.17) is 19.8 Å². The standard InChI is InChI=1S/C15H22N4S4.C2H2O4/c1-19-7-4-5-12(11-19)13-14(18-23-17-13)20-8-2-3-9-21-15-16-6-10-22-15;3-1(4)2(5)6/h5H,2-4,6-11H2,1H3;(H,3,4)(H,5,6). The van der Waals surface area contributed by atoms with E-state index in [-0.39, 0.29) is 0 Å². The largest absolute Gasteiger partial charge is 0.473 e. The van der Waals surface area contributed by atoms with Crippen LogP contribution in [-0.2, 0) is 9.59 Å². The summed E-state index contributed by atoms with van der Waals surface area (Å²) in [5, 5.41) is 15.9. The van der Waals surface area contributed by atoms with Gasteiger partial charge in [0, 0.05) is 24.6 Å². The van der Waals surface area contributed by atoms with Crippen LogP contribution >= 0.6 is 47.0 Å². The van der Waals surface area contributed by atoms with Crippen LogP contribution < -0.4 is 0 Å². The Bertz CT molecular complexity index is 742. The van der Waals surface area contributed by atoms with Gasteiger partial charge in [-0.15, -0.1) is 11.8 Å². The first-order valence-electron chi connectivity index (χ1n) is 9.07. The van der Waals surface area contributed by atoms with Crippen molar-refractivity contribution in [1.29, 1.82) is 0 Å². The number of aliphatic imine (C=N–C) groups is 1. The molecule has 0 radical (unpaired) electrons. The van der Waals surface area contributed by atoms with Crippen LogP contribution in [0.2, 0.25) is 0 Å². The summed E-state index contributed by atoms with van der Waals surface area (Å²) in [4.78, 5) is 25.0. The van der Waals surface area contributed by atoms with E-state index in [2.05, 4.69) is 31.8 Å². The fraction of sp³-hybridized carbons (Fsp3) is 0.588. The second-order valence-electron chi connectivity index (χ2n) is 6.18. The maximum absolute atomic E-state index is 9.10. The number of hydrogen-bond donors (Lipinski definition) is 2. The van der Waals surface area contributed by atoms with Crippen molar-refractivity contribution in [2.24, 2.45) is 4.99 Å². The minimum atomic E-state index is -1.82. The first-order chi connectivity index (χ1) is 14.0. The lowest BCUT2D eigenvalue weighted by Gasteiger charge is -2.22. The number of aliphatic carboxylic acids is 2. The summed E-state index contributed by atoms with van der Waals surface area (Å²) in [6, 6.07) is 0. The Morgan fingerprint density at radius 1 is 1.17 bits per heavy atom. The average Bonchev–Trinajstić information content (AvgIpc) is 3.37. The van der Waals surface area contributed by atoms with Crippen LogP contribution in [0, 0.1) is 0 Å². The van der Waals surface area contributed by atoms with Gasteiger partial charge in [-0.25, -0.2) is 9.59 Å². The molecule has 160 valence electrons. The first-order valence-corrected chi connectivity index (χ1v) is 12.8. The van der Waals surface area contributed by atoms with Crippen LogP contribution in [0.4, 0.5) is 0 Å². The zero-order valence-corrected chi connectivity index (χ0v) is 19.3. The second kappa shape index (κ2) is 13.3. The second-order valence-corrected chi connectivity index (χ2v) is 10.2. The summed E-state index contributed by atoms with van der Waals surface area (Å²) in [7, 11) is 2.17. The van der Waals surface area contributed by atoms with Crippen LogP contribution in [-0.4, -0.2) is 84.1 Å². The summed E-state index contributed by atoms with van der Waals surface area (Å²) in [6.07, 6.45) is 5.92. The summed E-state index contributed by atoms with van der Waals surface area (Å²) in [5.41, 5.74) is 2.47. The summed E-state index contributed by atoms with van der Waals surface area (Å²) >= 11 is 7.03. The number of unbranched alkanes of at least 4 members (excludes halogenated alkanes) is 1. The Morgan fingerprint density at radius 2 is 1.90 bits per heavy atom. The van der Waals surface area contributed by atoms with E-state index in [1.807, 2.05) is 35.3 Å². The van der Waals surface area contributed by atoms with E-state index in [9.17, 15) is 0 Å². The summed E-state index contributed by atoms with van der Waals surface area (Å²) < 4.78 is 10.3. The smallest absolute Gasteiger partial charge is 0.414 e. The van der Waals surface area contributed by atoms with E-state index in [1.54, 1.807) is 0 Å². The molecule has 0 amide bonds. The molecule has 8 nitrogen and oxygen atoms in total. The number of aromatic nitrogens is 2. The fourth-order valence-electron chi connectivity index (χ4n) is 2.47. The van der Waals surface area contributed by atoms with Crippen molar-refractivity contribution in [1.82, 2.24) is 13.6 Å². The van der Waals surface area contributed by atoms with Crippen LogP contribution in [0.5, 0.6) is 0 Å². The van der Waals surface area contributed by atoms with Gasteiger partial charge in [0.2, 0.25) is 0 Å². The van der Waals surface area contributed by atoms with Gasteiger partial charge in [0.05, 0.1) is 18.3 Å². The molecule has 0 aliphatic carbocycles. The van der Waals surface area contributed by atoms with Crippen molar-refractivity contribution >= 4 is 68.9 Å². The van der Waals surface area contributed by atoms with E-state index in [1.165, 1.54) is 46.0 Å². The topological polar surface area (TPSA) is 116 Å². The highest BCUT2D eigenvalue weighted by atomic mass is 32.2. The molecule has 2 aliphatic heterocycles. The Balaban J connectivity index is 0.000000438. The number of rotatable bonds is 7. The average molecular weight is 477 g/mol. The normalized spacial score (nSPS) is 16.6. The predicted molar refractivity (Wildman–Crippen MR) is 122 cm³/mol. The van der Waals surface area contributed by atoms with Gasteiger partial charge in [-0.1, -0.05) is 29.6 Å². The molecule has 3 rings (SSSR count). The molecule has 0 bridgehead atoms. The summed E-state index contributed by atoms with van der Waals surface area (Å²) in [6.45, 7) is 3.15. The Morgan fingerprint density at radius 3 is 2.52 bits per heavy atom. The van der Waals surface area contributed by atoms with Gasteiger partial charge in [-0.3, -0.25) is 4.99 Å². The van der Waals surface area contributed by atoms with Gasteiger partial charge in [0.25, 0.3) is 0 Å². The molecule has 0 unspecified atom stereocenters. The number of carboxylic acid groups (broad SMARTS) is 2. The molecule has 0 saturated heterocycles. The maximum Gasteiger partial charge on any atom is 0.414 e. The van der Waals surface area contributed by atoms with E-state index in [0.29, 0.717) is 0 Å². The fourth-order valence-corrected chi connectivity index (χ4v) is 6.26. The van der Waals surface area contributed by atoms with Crippen LogP contribution in [0.25, 0.3) is 5.57 Å². The molecular weight excluding hydrogens is 452 g/mol. The molecule has 2 N–H and O–H groups in total. The Kier molecular flexibility index (Phi) is 11.1. The quantitative estimate of drug-likeness (QED) is 0.345. The number of carbonyl (C=O) groups is 2. The molecule has 29 heavy (non-hydrogen) atoms. The number of thioether (sulfide) groups is 3. The van der Waals surface area contributed by atoms with Crippen molar-refractivity contribution in [3.8, 4) is 0 Å². The van der Waals surface area contributed by atoms with E-state index >= 15 is 0 Å². The molecule has 2 aliphatic rings. The highest BCUT2D eigenvalue weighted by molar-refractivity contribution is 8.39. The monoisotopic (exact) mass is 476 g/mol. The highest BCUT2D eigenvalue weighted by Crippen LogP contribution is 2.29. The third kappa shape index (κ3) is 9.08. The van der Waals surface area contributed by atoms with Crippen molar-refractivity contribution in [2.75, 3.05) is 43.9 Å². The lowest BCUT2D eigenvalue weighted by atomic mass is 10.1. The molecule has 1 aromatic heterocycles. The summed E-state index contributed by atoms with van der Waals surface area (Å²) in [5.74, 6) is -0.167. The lowest BCUT2D eigenvalue weighted by Crippen LogP contribution is -2.25. The molecule has 1 aromatic rings. The lowest BCUT2D eigenvalue weighted by molar-refractivity contribution is -0.159. The Labute approximate surface area is 187 Å². The van der Waals surface area contributed by atoms with Crippen LogP contribution in [0.3, 0.4) is 0 Å². The predicted octanol–water partition coefficient (Wildman–Crippen LogP) is 3.12. The Hall–Kier alpha value is -1.08. The molecule has 0 aromatic carbocycles. The first kappa shape index (κ1) is 24.2. The zero-order valence-electron chi connectivity index (χ0n) is 16.1. The minimum absolute atomic E-state index is 0.995. The van der Waals surface area contributed by atoms with Gasteiger partial charge >= 0.3 is 11.9 Å². The van der Waals surface area contributed by atoms with Crippen molar-refractivity contribution in [2.45, 2.75) is 24.3 Å². The maximum atomic E-state index is 9.10. The van der Waals surface area contributed by atoms with Gasteiger partial charge < -0.3 is 15.1 Å². The molecule has 12 heteroatoms. The van der Waals surface area contributed by atoms with Crippen LogP contribution in [0.1, 0.15) is 25.0 Å². The van der Waals surface area contributed by atoms with Crippen molar-refractivity contribution < 1.29 is 19.8 Å². The molecular formula is C17H24N4O4S4. The number of likely N-dealkylation sites (N-methyl/N-ethyl adjacent to an activating group) is 1. The SMILES string of the molecule is CN1CCC=C(c2nsnc2SCCCCSC2=NCCS2)C1.O=C(O)C(=O)O. The van der Waals surface area contributed by atoms with Crippen LogP contribution in [0.15, 0.2) is 16.1 Å². The van der Waals surface area contributed by atoms with Crippen molar-refractivity contribution in [3.05, 3.63) is 11.8 Å². The molecule has 0 fully saturated rings.